The second kappa shape index (κ2) is 11.2. The summed E-state index contributed by atoms with van der Waals surface area (Å²) in [5.74, 6) is 0.812. The predicted molar refractivity (Wildman–Crippen MR) is 150 cm³/mol. The van der Waals surface area contributed by atoms with Crippen molar-refractivity contribution in [3.63, 3.8) is 0 Å². The maximum atomic E-state index is 13.3. The zero-order valence-electron chi connectivity index (χ0n) is 22.1. The summed E-state index contributed by atoms with van der Waals surface area (Å²) in [5.41, 5.74) is 2.87. The second-order valence-corrected chi connectivity index (χ2v) is 11.8. The Balaban J connectivity index is 1.25. The van der Waals surface area contributed by atoms with E-state index in [1.807, 2.05) is 37.3 Å². The summed E-state index contributed by atoms with van der Waals surface area (Å²) in [5, 5.41) is 0. The van der Waals surface area contributed by atoms with Crippen molar-refractivity contribution in [2.75, 3.05) is 33.3 Å². The lowest BCUT2D eigenvalue weighted by atomic mass is 10.1. The number of aryl methyl sites for hydroxylation is 1. The molecule has 2 aromatic heterocycles. The van der Waals surface area contributed by atoms with Gasteiger partial charge >= 0.3 is 5.69 Å². The van der Waals surface area contributed by atoms with E-state index in [-0.39, 0.29) is 4.90 Å². The highest BCUT2D eigenvalue weighted by molar-refractivity contribution is 7.89. The largest absolute Gasteiger partial charge is 0.497 e. The molecular weight excluding hydrogens is 518 g/mol. The summed E-state index contributed by atoms with van der Waals surface area (Å²) < 4.78 is 35.0. The summed E-state index contributed by atoms with van der Waals surface area (Å²) >= 11 is 0. The molecule has 0 saturated carbocycles. The van der Waals surface area contributed by atoms with Crippen LogP contribution in [-0.2, 0) is 29.5 Å². The van der Waals surface area contributed by atoms with Gasteiger partial charge in [0, 0.05) is 51.4 Å². The number of hydrogen-bond donors (Lipinski definition) is 2. The second-order valence-electron chi connectivity index (χ2n) is 9.82. The molecule has 1 aliphatic heterocycles. The molecule has 0 atom stereocenters. The number of nitrogens with zero attached hydrogens (tertiary/aromatic N) is 3. The molecule has 0 radical (unpaired) electrons. The number of nitrogens with one attached hydrogen (secondary N) is 2. The van der Waals surface area contributed by atoms with Crippen LogP contribution in [0.25, 0.3) is 11.0 Å². The van der Waals surface area contributed by atoms with Gasteiger partial charge in [0.2, 0.25) is 10.0 Å². The molecular formula is C28H33N5O5S. The molecule has 0 amide bonds. The maximum absolute atomic E-state index is 13.3. The fourth-order valence-electron chi connectivity index (χ4n) is 5.07. The lowest BCUT2D eigenvalue weighted by molar-refractivity contribution is 0.181. The third-order valence-electron chi connectivity index (χ3n) is 7.11. The Kier molecular flexibility index (Phi) is 7.74. The SMILES string of the molecule is CCCn1c(=O)[nH]c(=O)c2[nH]c(Cc3ccc(S(=O)(=O)N4CCN(Cc5cccc(OC)c5)CC4)cc3)cc21. The van der Waals surface area contributed by atoms with Gasteiger partial charge in [0.25, 0.3) is 5.56 Å². The standard InChI is InChI=1S/C28H33N5O5S/c1-3-11-33-25-18-22(29-26(25)27(34)30-28(33)35)16-20-7-9-24(10-8-20)39(36,37)32-14-12-31(13-15-32)19-21-5-4-6-23(17-21)38-2/h4-10,17-18,29H,3,11-16,19H2,1-2H3,(H,30,34,35). The molecule has 1 aliphatic rings. The first kappa shape index (κ1) is 26.9. The van der Waals surface area contributed by atoms with Gasteiger partial charge in [-0.05, 0) is 47.9 Å². The molecule has 39 heavy (non-hydrogen) atoms. The Hall–Kier alpha value is -3.67. The normalized spacial score (nSPS) is 15.1. The fourth-order valence-corrected chi connectivity index (χ4v) is 6.49. The minimum Gasteiger partial charge on any atom is -0.497 e. The van der Waals surface area contributed by atoms with Gasteiger partial charge in [-0.15, -0.1) is 0 Å². The van der Waals surface area contributed by atoms with Crippen LogP contribution in [0.4, 0.5) is 0 Å². The average molecular weight is 552 g/mol. The number of hydrogen-bond acceptors (Lipinski definition) is 6. The van der Waals surface area contributed by atoms with Crippen LogP contribution in [0.3, 0.4) is 0 Å². The molecule has 5 rings (SSSR count). The average Bonchev–Trinajstić information content (AvgIpc) is 3.36. The topological polar surface area (TPSA) is 120 Å². The van der Waals surface area contributed by atoms with E-state index >= 15 is 0 Å². The van der Waals surface area contributed by atoms with E-state index in [0.29, 0.717) is 50.2 Å². The number of fused-ring (bicyclic) bond motifs is 1. The number of methoxy groups -OCH3 is 1. The summed E-state index contributed by atoms with van der Waals surface area (Å²) in [6.07, 6.45) is 1.23. The van der Waals surface area contributed by atoms with Crippen LogP contribution in [-0.4, -0.2) is 65.4 Å². The van der Waals surface area contributed by atoms with Crippen molar-refractivity contribution in [1.29, 1.82) is 0 Å². The molecule has 1 saturated heterocycles. The van der Waals surface area contributed by atoms with Gasteiger partial charge in [0.1, 0.15) is 11.3 Å². The summed E-state index contributed by atoms with van der Waals surface area (Å²) in [7, 11) is -1.96. The molecule has 0 spiro atoms. The number of aromatic nitrogens is 3. The highest BCUT2D eigenvalue weighted by Crippen LogP contribution is 2.22. The van der Waals surface area contributed by atoms with Crippen molar-refractivity contribution in [2.24, 2.45) is 0 Å². The molecule has 0 bridgehead atoms. The minimum absolute atomic E-state index is 0.261. The van der Waals surface area contributed by atoms with Crippen LogP contribution in [0.15, 0.2) is 69.1 Å². The highest BCUT2D eigenvalue weighted by atomic mass is 32.2. The smallest absolute Gasteiger partial charge is 0.328 e. The number of rotatable bonds is 9. The molecule has 206 valence electrons. The van der Waals surface area contributed by atoms with Crippen LogP contribution in [0, 0.1) is 0 Å². The lowest BCUT2D eigenvalue weighted by Crippen LogP contribution is -2.48. The van der Waals surface area contributed by atoms with Gasteiger partial charge < -0.3 is 9.72 Å². The quantitative estimate of drug-likeness (QED) is 0.330. The highest BCUT2D eigenvalue weighted by Gasteiger charge is 2.28. The third-order valence-corrected chi connectivity index (χ3v) is 9.02. The summed E-state index contributed by atoms with van der Waals surface area (Å²) in [4.78, 5) is 32.5. The first-order valence-electron chi connectivity index (χ1n) is 13.1. The minimum atomic E-state index is -3.61. The van der Waals surface area contributed by atoms with Crippen LogP contribution < -0.4 is 16.0 Å². The molecule has 11 heteroatoms. The van der Waals surface area contributed by atoms with E-state index in [0.717, 1.165) is 35.5 Å². The van der Waals surface area contributed by atoms with E-state index in [2.05, 4.69) is 14.9 Å². The first-order chi connectivity index (χ1) is 18.8. The van der Waals surface area contributed by atoms with Gasteiger partial charge in [-0.3, -0.25) is 19.2 Å². The number of piperazine rings is 1. The number of H-pyrrole nitrogens is 2. The van der Waals surface area contributed by atoms with E-state index in [1.165, 1.54) is 0 Å². The molecule has 3 heterocycles. The van der Waals surface area contributed by atoms with E-state index in [9.17, 15) is 18.0 Å². The van der Waals surface area contributed by atoms with Crippen LogP contribution >= 0.6 is 0 Å². The summed E-state index contributed by atoms with van der Waals surface area (Å²) in [6, 6.07) is 16.6. The Bertz CT molecular complexity index is 1680. The van der Waals surface area contributed by atoms with Gasteiger partial charge in [0.15, 0.2) is 0 Å². The monoisotopic (exact) mass is 551 g/mol. The van der Waals surface area contributed by atoms with Crippen molar-refractivity contribution in [2.45, 2.75) is 37.8 Å². The number of aromatic amines is 2. The van der Waals surface area contributed by atoms with Crippen molar-refractivity contribution < 1.29 is 13.2 Å². The Labute approximate surface area is 226 Å². The third kappa shape index (κ3) is 5.70. The van der Waals surface area contributed by atoms with E-state index in [4.69, 9.17) is 4.74 Å². The summed E-state index contributed by atoms with van der Waals surface area (Å²) in [6.45, 7) is 5.37. The van der Waals surface area contributed by atoms with Crippen molar-refractivity contribution >= 4 is 21.1 Å². The Morgan fingerprint density at radius 1 is 0.923 bits per heavy atom. The zero-order valence-corrected chi connectivity index (χ0v) is 23.0. The predicted octanol–water partition coefficient (Wildman–Crippen LogP) is 2.53. The van der Waals surface area contributed by atoms with Crippen molar-refractivity contribution in [3.05, 3.63) is 92.3 Å². The molecule has 2 N–H and O–H groups in total. The van der Waals surface area contributed by atoms with Gasteiger partial charge in [-0.25, -0.2) is 13.2 Å². The molecule has 10 nitrogen and oxygen atoms in total. The van der Waals surface area contributed by atoms with Crippen LogP contribution in [0.2, 0.25) is 0 Å². The molecule has 0 aliphatic carbocycles. The van der Waals surface area contributed by atoms with Crippen LogP contribution in [0.5, 0.6) is 5.75 Å². The fraction of sp³-hybridized carbons (Fsp3) is 0.357. The molecule has 1 fully saturated rings. The molecule has 0 unspecified atom stereocenters. The zero-order chi connectivity index (χ0) is 27.6. The Morgan fingerprint density at radius 2 is 1.67 bits per heavy atom. The first-order valence-corrected chi connectivity index (χ1v) is 14.5. The van der Waals surface area contributed by atoms with Gasteiger partial charge in [-0.2, -0.15) is 4.31 Å². The molecule has 4 aromatic rings. The van der Waals surface area contributed by atoms with Crippen molar-refractivity contribution in [1.82, 2.24) is 23.7 Å². The lowest BCUT2D eigenvalue weighted by Gasteiger charge is -2.34. The van der Waals surface area contributed by atoms with Crippen molar-refractivity contribution in [3.8, 4) is 5.75 Å². The molecule has 2 aromatic carbocycles. The van der Waals surface area contributed by atoms with E-state index < -0.39 is 21.3 Å². The Morgan fingerprint density at radius 3 is 2.36 bits per heavy atom. The number of ether oxygens (including phenoxy) is 1. The number of benzene rings is 2. The van der Waals surface area contributed by atoms with E-state index in [1.54, 1.807) is 40.2 Å². The number of sulfonamides is 1. The van der Waals surface area contributed by atoms with Gasteiger partial charge in [0.05, 0.1) is 17.5 Å². The maximum Gasteiger partial charge on any atom is 0.328 e. The van der Waals surface area contributed by atoms with Crippen LogP contribution in [0.1, 0.15) is 30.2 Å². The van der Waals surface area contributed by atoms with Gasteiger partial charge in [-0.1, -0.05) is 31.2 Å².